The molecule has 2 heteroatoms. The standard InChI is InChI=1S/C11H19NO/c1-2-3-4-7-10-8-5-6-9-11(13)12-10/h2,10H,1,3-9H2,(H,12,13)/t10-/m0/s1. The fraction of sp³-hybridized carbons (Fsp3) is 0.727. The lowest BCUT2D eigenvalue weighted by Gasteiger charge is -2.14. The molecular formula is C11H19NO. The molecule has 2 nitrogen and oxygen atoms in total. The van der Waals surface area contributed by atoms with Gasteiger partial charge in [0.15, 0.2) is 0 Å². The van der Waals surface area contributed by atoms with Gasteiger partial charge >= 0.3 is 0 Å². The van der Waals surface area contributed by atoms with E-state index in [0.29, 0.717) is 6.04 Å². The molecule has 0 unspecified atom stereocenters. The van der Waals surface area contributed by atoms with Crippen LogP contribution in [0.15, 0.2) is 12.7 Å². The Bertz CT molecular complexity index is 177. The first-order chi connectivity index (χ1) is 6.33. The zero-order valence-corrected chi connectivity index (χ0v) is 8.22. The number of amides is 1. The normalized spacial score (nSPS) is 23.4. The van der Waals surface area contributed by atoms with E-state index in [2.05, 4.69) is 11.9 Å². The number of allylic oxidation sites excluding steroid dienone is 1. The second kappa shape index (κ2) is 5.79. The predicted octanol–water partition coefficient (Wildman–Crippen LogP) is 2.40. The molecule has 0 aliphatic carbocycles. The Morgan fingerprint density at radius 3 is 3.15 bits per heavy atom. The van der Waals surface area contributed by atoms with Crippen molar-refractivity contribution < 1.29 is 4.79 Å². The van der Waals surface area contributed by atoms with E-state index in [9.17, 15) is 4.79 Å². The van der Waals surface area contributed by atoms with E-state index in [1.807, 2.05) is 6.08 Å². The van der Waals surface area contributed by atoms with E-state index in [1.165, 1.54) is 6.42 Å². The predicted molar refractivity (Wildman–Crippen MR) is 54.4 cm³/mol. The molecule has 0 aromatic heterocycles. The van der Waals surface area contributed by atoms with Crippen molar-refractivity contribution in [1.29, 1.82) is 0 Å². The van der Waals surface area contributed by atoms with E-state index in [0.717, 1.165) is 38.5 Å². The summed E-state index contributed by atoms with van der Waals surface area (Å²) in [4.78, 5) is 11.2. The molecular weight excluding hydrogens is 162 g/mol. The van der Waals surface area contributed by atoms with Crippen LogP contribution in [0, 0.1) is 0 Å². The third-order valence-corrected chi connectivity index (χ3v) is 2.53. The summed E-state index contributed by atoms with van der Waals surface area (Å²) in [7, 11) is 0. The summed E-state index contributed by atoms with van der Waals surface area (Å²) in [5.74, 6) is 0.237. The highest BCUT2D eigenvalue weighted by Gasteiger charge is 2.15. The van der Waals surface area contributed by atoms with Crippen LogP contribution < -0.4 is 5.32 Å². The van der Waals surface area contributed by atoms with Gasteiger partial charge in [0.2, 0.25) is 5.91 Å². The zero-order valence-electron chi connectivity index (χ0n) is 8.22. The molecule has 1 aliphatic heterocycles. The number of hydrogen-bond donors (Lipinski definition) is 1. The molecule has 1 fully saturated rings. The van der Waals surface area contributed by atoms with Gasteiger partial charge in [-0.15, -0.1) is 6.58 Å². The van der Waals surface area contributed by atoms with Crippen LogP contribution >= 0.6 is 0 Å². The molecule has 13 heavy (non-hydrogen) atoms. The summed E-state index contributed by atoms with van der Waals surface area (Å²) in [5, 5.41) is 3.06. The van der Waals surface area contributed by atoms with Crippen LogP contribution in [0.25, 0.3) is 0 Å². The van der Waals surface area contributed by atoms with Gasteiger partial charge in [-0.2, -0.15) is 0 Å². The Kier molecular flexibility index (Phi) is 4.58. The van der Waals surface area contributed by atoms with Gasteiger partial charge in [-0.25, -0.2) is 0 Å². The van der Waals surface area contributed by atoms with Crippen LogP contribution in [0.1, 0.15) is 44.9 Å². The Labute approximate surface area is 80.4 Å². The second-order valence-electron chi connectivity index (χ2n) is 3.73. The molecule has 1 aliphatic rings. The van der Waals surface area contributed by atoms with E-state index in [4.69, 9.17) is 0 Å². The molecule has 0 radical (unpaired) electrons. The minimum Gasteiger partial charge on any atom is -0.353 e. The molecule has 1 heterocycles. The van der Waals surface area contributed by atoms with Crippen LogP contribution in [0.3, 0.4) is 0 Å². The maximum absolute atomic E-state index is 11.2. The van der Waals surface area contributed by atoms with Crippen molar-refractivity contribution in [2.45, 2.75) is 51.0 Å². The van der Waals surface area contributed by atoms with Crippen LogP contribution in [0.4, 0.5) is 0 Å². The van der Waals surface area contributed by atoms with Crippen molar-refractivity contribution in [1.82, 2.24) is 5.32 Å². The number of hydrogen-bond acceptors (Lipinski definition) is 1. The number of carbonyl (C=O) groups excluding carboxylic acids is 1. The Hall–Kier alpha value is -0.790. The molecule has 1 saturated heterocycles. The summed E-state index contributed by atoms with van der Waals surface area (Å²) in [6.07, 6.45) is 9.39. The molecule has 1 atom stereocenters. The highest BCUT2D eigenvalue weighted by atomic mass is 16.1. The highest BCUT2D eigenvalue weighted by molar-refractivity contribution is 5.76. The number of rotatable bonds is 4. The molecule has 0 bridgehead atoms. The van der Waals surface area contributed by atoms with Gasteiger partial charge in [0, 0.05) is 12.5 Å². The lowest BCUT2D eigenvalue weighted by atomic mass is 10.0. The molecule has 74 valence electrons. The largest absolute Gasteiger partial charge is 0.353 e. The van der Waals surface area contributed by atoms with Gasteiger partial charge in [-0.1, -0.05) is 12.5 Å². The number of nitrogens with one attached hydrogen (secondary N) is 1. The van der Waals surface area contributed by atoms with Crippen LogP contribution in [-0.2, 0) is 4.79 Å². The fourth-order valence-electron chi connectivity index (χ4n) is 1.77. The third kappa shape index (κ3) is 4.11. The molecule has 1 amide bonds. The first-order valence-corrected chi connectivity index (χ1v) is 5.23. The Morgan fingerprint density at radius 2 is 2.38 bits per heavy atom. The SMILES string of the molecule is C=CCCC[C@H]1CCCCC(=O)N1. The molecule has 0 aromatic rings. The fourth-order valence-corrected chi connectivity index (χ4v) is 1.77. The molecule has 1 N–H and O–H groups in total. The monoisotopic (exact) mass is 181 g/mol. The van der Waals surface area contributed by atoms with Crippen molar-refractivity contribution in [2.75, 3.05) is 0 Å². The maximum atomic E-state index is 11.2. The van der Waals surface area contributed by atoms with Gasteiger partial charge in [0.25, 0.3) is 0 Å². The number of carbonyl (C=O) groups is 1. The topological polar surface area (TPSA) is 29.1 Å². The summed E-state index contributed by atoms with van der Waals surface area (Å²) in [6, 6.07) is 0.426. The molecule has 0 saturated carbocycles. The Balaban J connectivity index is 2.22. The van der Waals surface area contributed by atoms with Gasteiger partial charge in [0.1, 0.15) is 0 Å². The van der Waals surface area contributed by atoms with E-state index in [-0.39, 0.29) is 5.91 Å². The highest BCUT2D eigenvalue weighted by Crippen LogP contribution is 2.13. The molecule has 1 rings (SSSR count). The van der Waals surface area contributed by atoms with Crippen LogP contribution in [0.5, 0.6) is 0 Å². The van der Waals surface area contributed by atoms with Crippen molar-refractivity contribution in [2.24, 2.45) is 0 Å². The van der Waals surface area contributed by atoms with Crippen LogP contribution in [-0.4, -0.2) is 11.9 Å². The van der Waals surface area contributed by atoms with Gasteiger partial charge in [0.05, 0.1) is 0 Å². The minimum atomic E-state index is 0.237. The average Bonchev–Trinajstić information content (AvgIpc) is 2.31. The lowest BCUT2D eigenvalue weighted by molar-refractivity contribution is -0.121. The molecule has 0 spiro atoms. The first-order valence-electron chi connectivity index (χ1n) is 5.23. The Morgan fingerprint density at radius 1 is 1.54 bits per heavy atom. The van der Waals surface area contributed by atoms with Gasteiger partial charge < -0.3 is 5.32 Å². The first kappa shape index (κ1) is 10.3. The van der Waals surface area contributed by atoms with Gasteiger partial charge in [-0.3, -0.25) is 4.79 Å². The maximum Gasteiger partial charge on any atom is 0.220 e. The van der Waals surface area contributed by atoms with Crippen LogP contribution in [0.2, 0.25) is 0 Å². The minimum absolute atomic E-state index is 0.237. The van der Waals surface area contributed by atoms with E-state index < -0.39 is 0 Å². The van der Waals surface area contributed by atoms with E-state index in [1.54, 1.807) is 0 Å². The summed E-state index contributed by atoms with van der Waals surface area (Å²) >= 11 is 0. The lowest BCUT2D eigenvalue weighted by Crippen LogP contribution is -2.32. The smallest absolute Gasteiger partial charge is 0.220 e. The van der Waals surface area contributed by atoms with Crippen molar-refractivity contribution in [3.8, 4) is 0 Å². The molecule has 0 aromatic carbocycles. The zero-order chi connectivity index (χ0) is 9.52. The second-order valence-corrected chi connectivity index (χ2v) is 3.73. The van der Waals surface area contributed by atoms with Crippen molar-refractivity contribution in [3.05, 3.63) is 12.7 Å². The summed E-state index contributed by atoms with van der Waals surface area (Å²) in [5.41, 5.74) is 0. The van der Waals surface area contributed by atoms with Crippen molar-refractivity contribution >= 4 is 5.91 Å². The third-order valence-electron chi connectivity index (χ3n) is 2.53. The van der Waals surface area contributed by atoms with E-state index >= 15 is 0 Å². The quantitative estimate of drug-likeness (QED) is 0.523. The number of unbranched alkanes of at least 4 members (excludes halogenated alkanes) is 1. The average molecular weight is 181 g/mol. The van der Waals surface area contributed by atoms with Crippen molar-refractivity contribution in [3.63, 3.8) is 0 Å². The summed E-state index contributed by atoms with van der Waals surface area (Å²) in [6.45, 7) is 3.69. The summed E-state index contributed by atoms with van der Waals surface area (Å²) < 4.78 is 0. The van der Waals surface area contributed by atoms with Gasteiger partial charge in [-0.05, 0) is 32.1 Å².